The van der Waals surface area contributed by atoms with Crippen LogP contribution in [0.25, 0.3) is 0 Å². The van der Waals surface area contributed by atoms with Gasteiger partial charge in [0.15, 0.2) is 11.6 Å². The second-order valence-electron chi connectivity index (χ2n) is 8.30. The van der Waals surface area contributed by atoms with Gasteiger partial charge in [-0.05, 0) is 30.5 Å². The fourth-order valence-corrected chi connectivity index (χ4v) is 4.02. The quantitative estimate of drug-likeness (QED) is 0.473. The van der Waals surface area contributed by atoms with Crippen molar-refractivity contribution in [3.05, 3.63) is 65.0 Å². The van der Waals surface area contributed by atoms with Crippen molar-refractivity contribution >= 4 is 24.0 Å². The second kappa shape index (κ2) is 11.6. The van der Waals surface area contributed by atoms with Gasteiger partial charge >= 0.3 is 0 Å². The van der Waals surface area contributed by atoms with Gasteiger partial charge in [0.05, 0.1) is 0 Å². The van der Waals surface area contributed by atoms with Crippen LogP contribution < -0.4 is 5.32 Å². The Balaban J connectivity index is 0.00000363. The van der Waals surface area contributed by atoms with E-state index in [0.717, 1.165) is 5.56 Å². The van der Waals surface area contributed by atoms with Crippen LogP contribution in [0.3, 0.4) is 0 Å². The molecule has 174 valence electrons. The first-order valence-corrected chi connectivity index (χ1v) is 11.0. The first kappa shape index (κ1) is 26.1. The van der Waals surface area contributed by atoms with Crippen LogP contribution in [0.1, 0.15) is 84.0 Å². The fraction of sp³-hybridized carbons (Fsp3) is 0.480. The highest BCUT2D eigenvalue weighted by molar-refractivity contribution is 6.00. The van der Waals surface area contributed by atoms with E-state index in [4.69, 9.17) is 0 Å². The Morgan fingerprint density at radius 3 is 2.56 bits per heavy atom. The number of carbonyl (C=O) groups excluding carboxylic acids is 2. The van der Waals surface area contributed by atoms with Crippen LogP contribution in [0.2, 0.25) is 0 Å². The van der Waals surface area contributed by atoms with E-state index >= 15 is 0 Å². The molecule has 1 aliphatic heterocycles. The minimum atomic E-state index is -2.68. The van der Waals surface area contributed by atoms with Crippen molar-refractivity contribution in [2.24, 2.45) is 5.92 Å². The molecule has 0 radical (unpaired) electrons. The number of aromatic nitrogens is 1. The molecule has 2 atom stereocenters. The highest BCUT2D eigenvalue weighted by atomic mass is 35.5. The Morgan fingerprint density at radius 1 is 1.19 bits per heavy atom. The van der Waals surface area contributed by atoms with Gasteiger partial charge in [0.1, 0.15) is 5.69 Å². The lowest BCUT2D eigenvalue weighted by Crippen LogP contribution is -2.44. The normalized spacial score (nSPS) is 18.4. The number of piperidine rings is 1. The Hall–Kier alpha value is -2.18. The molecule has 0 bridgehead atoms. The molecule has 0 amide bonds. The molecular formula is C25H31ClF2N2O2. The van der Waals surface area contributed by atoms with Crippen molar-refractivity contribution in [2.75, 3.05) is 13.1 Å². The molecule has 2 aromatic rings. The van der Waals surface area contributed by atoms with Crippen LogP contribution in [-0.2, 0) is 0 Å². The SMILES string of the molecule is CCC(=O)c1cc(C(=O)CCC[C@H]2CNCCC2(F)F)cc([C@@H](C)c2ccccc2)n1.Cl. The maximum atomic E-state index is 14.0. The van der Waals surface area contributed by atoms with Gasteiger partial charge in [-0.3, -0.25) is 9.59 Å². The smallest absolute Gasteiger partial charge is 0.253 e. The average molecular weight is 465 g/mol. The lowest BCUT2D eigenvalue weighted by atomic mass is 9.89. The third kappa shape index (κ3) is 6.42. The first-order chi connectivity index (χ1) is 14.8. The van der Waals surface area contributed by atoms with E-state index in [0.29, 0.717) is 37.1 Å². The largest absolute Gasteiger partial charge is 0.316 e. The molecule has 1 aromatic carbocycles. The van der Waals surface area contributed by atoms with Gasteiger partial charge < -0.3 is 5.32 Å². The summed E-state index contributed by atoms with van der Waals surface area (Å²) in [5.74, 6) is -3.75. The molecule has 3 rings (SSSR count). The highest BCUT2D eigenvalue weighted by Gasteiger charge is 2.40. The minimum Gasteiger partial charge on any atom is -0.316 e. The number of hydrogen-bond donors (Lipinski definition) is 1. The number of carbonyl (C=O) groups is 2. The molecule has 0 aliphatic carbocycles. The molecule has 1 N–H and O–H groups in total. The molecule has 0 unspecified atom stereocenters. The molecule has 0 spiro atoms. The van der Waals surface area contributed by atoms with Gasteiger partial charge in [0.25, 0.3) is 5.92 Å². The third-order valence-electron chi connectivity index (χ3n) is 6.10. The van der Waals surface area contributed by atoms with E-state index in [9.17, 15) is 18.4 Å². The summed E-state index contributed by atoms with van der Waals surface area (Å²) in [7, 11) is 0. The van der Waals surface area contributed by atoms with E-state index in [-0.39, 0.29) is 55.0 Å². The van der Waals surface area contributed by atoms with Gasteiger partial charge in [-0.25, -0.2) is 13.8 Å². The summed E-state index contributed by atoms with van der Waals surface area (Å²) in [5, 5.41) is 3.01. The predicted octanol–water partition coefficient (Wildman–Crippen LogP) is 5.85. The van der Waals surface area contributed by atoms with Gasteiger partial charge in [0, 0.05) is 55.4 Å². The third-order valence-corrected chi connectivity index (χ3v) is 6.10. The maximum absolute atomic E-state index is 14.0. The average Bonchev–Trinajstić information content (AvgIpc) is 2.79. The van der Waals surface area contributed by atoms with Gasteiger partial charge in [0.2, 0.25) is 0 Å². The fourth-order valence-electron chi connectivity index (χ4n) is 4.02. The molecule has 4 nitrogen and oxygen atoms in total. The minimum absolute atomic E-state index is 0. The van der Waals surface area contributed by atoms with E-state index in [1.165, 1.54) is 0 Å². The van der Waals surface area contributed by atoms with Crippen LogP contribution in [0.4, 0.5) is 8.78 Å². The molecule has 1 aliphatic rings. The first-order valence-electron chi connectivity index (χ1n) is 11.0. The zero-order valence-corrected chi connectivity index (χ0v) is 19.4. The molecule has 1 aromatic heterocycles. The van der Waals surface area contributed by atoms with Crippen LogP contribution in [-0.4, -0.2) is 35.6 Å². The van der Waals surface area contributed by atoms with Crippen molar-refractivity contribution in [1.29, 1.82) is 0 Å². The van der Waals surface area contributed by atoms with Crippen molar-refractivity contribution in [3.63, 3.8) is 0 Å². The summed E-state index contributed by atoms with van der Waals surface area (Å²) in [5.41, 5.74) is 2.42. The molecule has 2 heterocycles. The molecular weight excluding hydrogens is 434 g/mol. The molecule has 1 saturated heterocycles. The van der Waals surface area contributed by atoms with Crippen molar-refractivity contribution in [3.8, 4) is 0 Å². The number of halogens is 3. The summed E-state index contributed by atoms with van der Waals surface area (Å²) >= 11 is 0. The number of benzene rings is 1. The monoisotopic (exact) mass is 464 g/mol. The van der Waals surface area contributed by atoms with Gasteiger partial charge in [-0.2, -0.15) is 0 Å². The standard InChI is InChI=1S/C25H30F2N2O2.ClH/c1-3-23(30)22-15-19(14-21(29-22)17(2)18-8-5-4-6-9-18)24(31)11-7-10-20-16-28-13-12-25(20,26)27;/h4-6,8-9,14-15,17,20,28H,3,7,10-13,16H2,1-2H3;1H/t17-,20-;/m0./s1. The summed E-state index contributed by atoms with van der Waals surface area (Å²) in [4.78, 5) is 29.7. The number of nitrogens with one attached hydrogen (secondary N) is 1. The lowest BCUT2D eigenvalue weighted by Gasteiger charge is -2.31. The highest BCUT2D eigenvalue weighted by Crippen LogP contribution is 2.34. The van der Waals surface area contributed by atoms with E-state index in [2.05, 4.69) is 10.3 Å². The molecule has 1 fully saturated rings. The van der Waals surface area contributed by atoms with E-state index < -0.39 is 11.8 Å². The second-order valence-corrected chi connectivity index (χ2v) is 8.30. The van der Waals surface area contributed by atoms with E-state index in [1.54, 1.807) is 19.1 Å². The van der Waals surface area contributed by atoms with Crippen molar-refractivity contribution < 1.29 is 18.4 Å². The Bertz CT molecular complexity index is 921. The molecule has 7 heteroatoms. The van der Waals surface area contributed by atoms with Gasteiger partial charge in [-0.15, -0.1) is 12.4 Å². The van der Waals surface area contributed by atoms with Crippen molar-refractivity contribution in [2.45, 2.75) is 57.8 Å². The number of alkyl halides is 2. The van der Waals surface area contributed by atoms with Crippen molar-refractivity contribution in [1.82, 2.24) is 10.3 Å². The van der Waals surface area contributed by atoms with Crippen LogP contribution in [0, 0.1) is 5.92 Å². The topological polar surface area (TPSA) is 59.1 Å². The number of hydrogen-bond acceptors (Lipinski definition) is 4. The molecule has 0 saturated carbocycles. The van der Waals surface area contributed by atoms with Crippen LogP contribution >= 0.6 is 12.4 Å². The number of pyridine rings is 1. The van der Waals surface area contributed by atoms with Gasteiger partial charge in [-0.1, -0.05) is 44.2 Å². The number of Topliss-reactive ketones (excluding diaryl/α,β-unsaturated/α-hetero) is 2. The Morgan fingerprint density at radius 2 is 1.91 bits per heavy atom. The summed E-state index contributed by atoms with van der Waals surface area (Å²) in [6.07, 6.45) is 1.01. The summed E-state index contributed by atoms with van der Waals surface area (Å²) in [6, 6.07) is 13.1. The zero-order valence-electron chi connectivity index (χ0n) is 18.6. The number of ketones is 2. The Kier molecular flexibility index (Phi) is 9.47. The molecule has 32 heavy (non-hydrogen) atoms. The van der Waals surface area contributed by atoms with Crippen LogP contribution in [0.5, 0.6) is 0 Å². The Labute approximate surface area is 194 Å². The number of nitrogens with zero attached hydrogens (tertiary/aromatic N) is 1. The number of rotatable bonds is 9. The lowest BCUT2D eigenvalue weighted by molar-refractivity contribution is -0.0811. The maximum Gasteiger partial charge on any atom is 0.253 e. The summed E-state index contributed by atoms with van der Waals surface area (Å²) in [6.45, 7) is 4.36. The van der Waals surface area contributed by atoms with Crippen LogP contribution in [0.15, 0.2) is 42.5 Å². The zero-order chi connectivity index (χ0) is 22.4. The summed E-state index contributed by atoms with van der Waals surface area (Å²) < 4.78 is 28.1. The van der Waals surface area contributed by atoms with E-state index in [1.807, 2.05) is 37.3 Å². The predicted molar refractivity (Wildman–Crippen MR) is 124 cm³/mol.